The quantitative estimate of drug-likeness (QED) is 0.854. The van der Waals surface area contributed by atoms with Crippen LogP contribution >= 0.6 is 28.3 Å². The summed E-state index contributed by atoms with van der Waals surface area (Å²) in [5.74, 6) is -0.422. The number of halogens is 2. The lowest BCUT2D eigenvalue weighted by Crippen LogP contribution is -2.33. The predicted octanol–water partition coefficient (Wildman–Crippen LogP) is 1.31. The molecule has 0 aliphatic carbocycles. The number of aromatic nitrogens is 1. The molecule has 1 aromatic rings. The number of rotatable bonds is 3. The van der Waals surface area contributed by atoms with Crippen LogP contribution in [0.5, 0.6) is 0 Å². The summed E-state index contributed by atoms with van der Waals surface area (Å²) in [4.78, 5) is 15.1. The number of hydrogen-bond acceptors (Lipinski definition) is 4. The largest absolute Gasteiger partial charge is 0.468 e. The zero-order valence-electron chi connectivity index (χ0n) is 8.14. The third-order valence-electron chi connectivity index (χ3n) is 1.72. The Morgan fingerprint density at radius 1 is 1.67 bits per heavy atom. The van der Waals surface area contributed by atoms with Gasteiger partial charge in [0, 0.05) is 22.8 Å². The standard InChI is InChI=1S/C9H11BrN2O2.ClH/c1-14-9(13)8(11)4-7-3-2-6(10)5-12-7;/h2-3,5,8H,4,11H2,1H3;1H. The number of hydrogen-bond donors (Lipinski definition) is 1. The molecule has 0 spiro atoms. The molecule has 0 amide bonds. The zero-order valence-corrected chi connectivity index (χ0v) is 10.5. The van der Waals surface area contributed by atoms with Crippen molar-refractivity contribution in [1.82, 2.24) is 4.98 Å². The molecule has 1 unspecified atom stereocenters. The molecule has 84 valence electrons. The summed E-state index contributed by atoms with van der Waals surface area (Å²) in [6, 6.07) is 3.02. The molecular weight excluding hydrogens is 283 g/mol. The maximum Gasteiger partial charge on any atom is 0.323 e. The molecule has 0 aliphatic rings. The van der Waals surface area contributed by atoms with E-state index >= 15 is 0 Å². The maximum atomic E-state index is 11.0. The Morgan fingerprint density at radius 2 is 2.33 bits per heavy atom. The molecule has 1 atom stereocenters. The molecule has 0 saturated heterocycles. The van der Waals surface area contributed by atoms with Gasteiger partial charge in [0.15, 0.2) is 0 Å². The molecule has 0 aromatic carbocycles. The van der Waals surface area contributed by atoms with Gasteiger partial charge >= 0.3 is 5.97 Å². The van der Waals surface area contributed by atoms with Gasteiger partial charge < -0.3 is 10.5 Å². The van der Waals surface area contributed by atoms with Gasteiger partial charge in [0.05, 0.1) is 7.11 Å². The van der Waals surface area contributed by atoms with Gasteiger partial charge in [0.25, 0.3) is 0 Å². The van der Waals surface area contributed by atoms with Crippen molar-refractivity contribution in [3.63, 3.8) is 0 Å². The van der Waals surface area contributed by atoms with Crippen LogP contribution in [-0.4, -0.2) is 24.1 Å². The van der Waals surface area contributed by atoms with Crippen LogP contribution in [0, 0.1) is 0 Å². The van der Waals surface area contributed by atoms with E-state index in [4.69, 9.17) is 5.73 Å². The highest BCUT2D eigenvalue weighted by Crippen LogP contribution is 2.08. The second-order valence-electron chi connectivity index (χ2n) is 2.80. The summed E-state index contributed by atoms with van der Waals surface area (Å²) < 4.78 is 5.40. The van der Waals surface area contributed by atoms with E-state index in [0.29, 0.717) is 6.42 Å². The van der Waals surface area contributed by atoms with Crippen LogP contribution in [0.4, 0.5) is 0 Å². The minimum absolute atomic E-state index is 0. The van der Waals surface area contributed by atoms with Crippen LogP contribution in [0.1, 0.15) is 5.69 Å². The summed E-state index contributed by atoms with van der Waals surface area (Å²) in [5, 5.41) is 0. The molecule has 6 heteroatoms. The van der Waals surface area contributed by atoms with Crippen molar-refractivity contribution in [1.29, 1.82) is 0 Å². The second kappa shape index (κ2) is 6.76. The van der Waals surface area contributed by atoms with Crippen molar-refractivity contribution in [3.8, 4) is 0 Å². The van der Waals surface area contributed by atoms with E-state index in [9.17, 15) is 4.79 Å². The normalized spacial score (nSPS) is 11.4. The molecule has 1 rings (SSSR count). The lowest BCUT2D eigenvalue weighted by Gasteiger charge is -2.07. The van der Waals surface area contributed by atoms with Crippen LogP contribution < -0.4 is 5.73 Å². The Bertz CT molecular complexity index is 318. The number of carbonyl (C=O) groups excluding carboxylic acids is 1. The van der Waals surface area contributed by atoms with E-state index in [0.717, 1.165) is 10.2 Å². The molecular formula is C9H12BrClN2O2. The lowest BCUT2D eigenvalue weighted by atomic mass is 10.1. The molecule has 15 heavy (non-hydrogen) atoms. The Hall–Kier alpha value is -0.650. The molecule has 0 fully saturated rings. The highest BCUT2D eigenvalue weighted by Gasteiger charge is 2.14. The fraction of sp³-hybridized carbons (Fsp3) is 0.333. The fourth-order valence-corrected chi connectivity index (χ4v) is 1.22. The maximum absolute atomic E-state index is 11.0. The zero-order chi connectivity index (χ0) is 10.6. The number of carbonyl (C=O) groups is 1. The molecule has 0 radical (unpaired) electrons. The van der Waals surface area contributed by atoms with Crippen LogP contribution in [0.2, 0.25) is 0 Å². The highest BCUT2D eigenvalue weighted by molar-refractivity contribution is 9.10. The third-order valence-corrected chi connectivity index (χ3v) is 2.19. The SMILES string of the molecule is COC(=O)C(N)Cc1ccc(Br)cn1.Cl. The molecule has 0 bridgehead atoms. The second-order valence-corrected chi connectivity index (χ2v) is 3.72. The number of methoxy groups -OCH3 is 1. The Balaban J connectivity index is 0.00000196. The van der Waals surface area contributed by atoms with E-state index in [-0.39, 0.29) is 12.4 Å². The van der Waals surface area contributed by atoms with Crippen molar-refractivity contribution >= 4 is 34.3 Å². The summed E-state index contributed by atoms with van der Waals surface area (Å²) in [6.45, 7) is 0. The Kier molecular flexibility index (Phi) is 6.47. The predicted molar refractivity (Wildman–Crippen MR) is 62.9 cm³/mol. The van der Waals surface area contributed by atoms with E-state index in [1.165, 1.54) is 7.11 Å². The molecule has 1 heterocycles. The van der Waals surface area contributed by atoms with E-state index in [2.05, 4.69) is 25.7 Å². The summed E-state index contributed by atoms with van der Waals surface area (Å²) in [6.07, 6.45) is 2.05. The number of nitrogens with zero attached hydrogens (tertiary/aromatic N) is 1. The van der Waals surface area contributed by atoms with Gasteiger partial charge in [0.2, 0.25) is 0 Å². The van der Waals surface area contributed by atoms with Gasteiger partial charge in [-0.15, -0.1) is 12.4 Å². The number of ether oxygens (including phenoxy) is 1. The van der Waals surface area contributed by atoms with Crippen LogP contribution in [0.15, 0.2) is 22.8 Å². The first-order valence-electron chi connectivity index (χ1n) is 4.07. The van der Waals surface area contributed by atoms with Gasteiger partial charge in [-0.25, -0.2) is 0 Å². The van der Waals surface area contributed by atoms with Gasteiger partial charge in [-0.05, 0) is 28.1 Å². The molecule has 0 saturated carbocycles. The van der Waals surface area contributed by atoms with Gasteiger partial charge in [-0.2, -0.15) is 0 Å². The Morgan fingerprint density at radius 3 is 2.80 bits per heavy atom. The van der Waals surface area contributed by atoms with Crippen LogP contribution in [-0.2, 0) is 16.0 Å². The minimum atomic E-state index is -0.645. The topological polar surface area (TPSA) is 65.2 Å². The summed E-state index contributed by atoms with van der Waals surface area (Å²) >= 11 is 3.27. The minimum Gasteiger partial charge on any atom is -0.468 e. The van der Waals surface area contributed by atoms with Crippen molar-refractivity contribution in [3.05, 3.63) is 28.5 Å². The third kappa shape index (κ3) is 4.59. The highest BCUT2D eigenvalue weighted by atomic mass is 79.9. The summed E-state index contributed by atoms with van der Waals surface area (Å²) in [5.41, 5.74) is 6.34. The average molecular weight is 296 g/mol. The van der Waals surface area contributed by atoms with Crippen molar-refractivity contribution in [2.45, 2.75) is 12.5 Å². The number of esters is 1. The van der Waals surface area contributed by atoms with E-state index < -0.39 is 12.0 Å². The first-order chi connectivity index (χ1) is 6.63. The van der Waals surface area contributed by atoms with Gasteiger partial charge in [0.1, 0.15) is 6.04 Å². The molecule has 0 aliphatic heterocycles. The van der Waals surface area contributed by atoms with Gasteiger partial charge in [-0.3, -0.25) is 9.78 Å². The molecule has 4 nitrogen and oxygen atoms in total. The number of pyridine rings is 1. The van der Waals surface area contributed by atoms with Crippen LogP contribution in [0.3, 0.4) is 0 Å². The molecule has 2 N–H and O–H groups in total. The van der Waals surface area contributed by atoms with Crippen LogP contribution in [0.25, 0.3) is 0 Å². The fourth-order valence-electron chi connectivity index (χ4n) is 0.987. The van der Waals surface area contributed by atoms with Crippen molar-refractivity contribution in [2.24, 2.45) is 5.73 Å². The monoisotopic (exact) mass is 294 g/mol. The first-order valence-corrected chi connectivity index (χ1v) is 4.86. The van der Waals surface area contributed by atoms with Crippen molar-refractivity contribution in [2.75, 3.05) is 7.11 Å². The first kappa shape index (κ1) is 14.3. The van der Waals surface area contributed by atoms with Crippen molar-refractivity contribution < 1.29 is 9.53 Å². The molecule has 1 aromatic heterocycles. The Labute approximate surface area is 103 Å². The van der Waals surface area contributed by atoms with E-state index in [1.54, 1.807) is 6.20 Å². The van der Waals surface area contributed by atoms with Gasteiger partial charge in [-0.1, -0.05) is 0 Å². The lowest BCUT2D eigenvalue weighted by molar-refractivity contribution is -0.142. The summed E-state index contributed by atoms with van der Waals surface area (Å²) in [7, 11) is 1.32. The van der Waals surface area contributed by atoms with E-state index in [1.807, 2.05) is 12.1 Å². The number of nitrogens with two attached hydrogens (primary N) is 1. The average Bonchev–Trinajstić information content (AvgIpc) is 2.20. The smallest absolute Gasteiger partial charge is 0.323 e.